The lowest BCUT2D eigenvalue weighted by Gasteiger charge is -2.31. The molecule has 0 bridgehead atoms. The maximum absolute atomic E-state index is 13.6. The minimum Gasteiger partial charge on any atom is -0.411 e. The van der Waals surface area contributed by atoms with E-state index in [4.69, 9.17) is 16.8 Å². The SMILES string of the molecule is CC1CN(Cc2cc(Cl)ccc2F)CC/C1=N\O. The second-order valence-electron chi connectivity index (χ2n) is 4.71. The van der Waals surface area contributed by atoms with E-state index in [2.05, 4.69) is 10.1 Å². The molecule has 3 nitrogen and oxygen atoms in total. The fourth-order valence-corrected chi connectivity index (χ4v) is 2.50. The van der Waals surface area contributed by atoms with E-state index in [0.29, 0.717) is 17.1 Å². The lowest BCUT2D eigenvalue weighted by molar-refractivity contribution is 0.226. The predicted octanol–water partition coefficient (Wildman–Crippen LogP) is 3.15. The van der Waals surface area contributed by atoms with E-state index in [1.807, 2.05) is 6.92 Å². The van der Waals surface area contributed by atoms with Crippen LogP contribution in [0.15, 0.2) is 23.4 Å². The average Bonchev–Trinajstić information content (AvgIpc) is 2.34. The number of hydrogen-bond donors (Lipinski definition) is 1. The molecule has 0 spiro atoms. The van der Waals surface area contributed by atoms with Crippen LogP contribution < -0.4 is 0 Å². The van der Waals surface area contributed by atoms with E-state index < -0.39 is 0 Å². The number of halogens is 2. The number of hydrogen-bond acceptors (Lipinski definition) is 3. The molecule has 1 aliphatic rings. The van der Waals surface area contributed by atoms with Crippen LogP contribution in [0.3, 0.4) is 0 Å². The van der Waals surface area contributed by atoms with Gasteiger partial charge in [-0.05, 0) is 18.2 Å². The van der Waals surface area contributed by atoms with Gasteiger partial charge in [-0.15, -0.1) is 0 Å². The van der Waals surface area contributed by atoms with Gasteiger partial charge in [0.05, 0.1) is 5.71 Å². The van der Waals surface area contributed by atoms with Crippen LogP contribution in [-0.4, -0.2) is 28.9 Å². The molecule has 1 unspecified atom stereocenters. The topological polar surface area (TPSA) is 35.8 Å². The summed E-state index contributed by atoms with van der Waals surface area (Å²) in [4.78, 5) is 2.15. The number of oxime groups is 1. The normalized spacial score (nSPS) is 23.5. The van der Waals surface area contributed by atoms with Crippen molar-refractivity contribution in [2.45, 2.75) is 19.9 Å². The molecule has 0 radical (unpaired) electrons. The standard InChI is InChI=1S/C13H16ClFN2O/c1-9-7-17(5-4-13(9)16-18)8-10-6-11(14)2-3-12(10)15/h2-3,6,9,18H,4-5,7-8H2,1H3/b16-13+. The Morgan fingerprint density at radius 2 is 2.33 bits per heavy atom. The maximum atomic E-state index is 13.6. The highest BCUT2D eigenvalue weighted by Crippen LogP contribution is 2.20. The summed E-state index contributed by atoms with van der Waals surface area (Å²) in [6.07, 6.45) is 0.722. The molecule has 1 heterocycles. The third-order valence-electron chi connectivity index (χ3n) is 3.32. The van der Waals surface area contributed by atoms with E-state index in [1.165, 1.54) is 6.07 Å². The first-order valence-electron chi connectivity index (χ1n) is 5.97. The Kier molecular flexibility index (Phi) is 4.19. The van der Waals surface area contributed by atoms with Crippen LogP contribution in [0.2, 0.25) is 5.02 Å². The quantitative estimate of drug-likeness (QED) is 0.662. The molecule has 0 aromatic heterocycles. The smallest absolute Gasteiger partial charge is 0.127 e. The Morgan fingerprint density at radius 3 is 3.00 bits per heavy atom. The predicted molar refractivity (Wildman–Crippen MR) is 69.7 cm³/mol. The molecule has 1 aromatic carbocycles. The summed E-state index contributed by atoms with van der Waals surface area (Å²) < 4.78 is 13.6. The Balaban J connectivity index is 2.04. The molecule has 0 amide bonds. The first kappa shape index (κ1) is 13.3. The fraction of sp³-hybridized carbons (Fsp3) is 0.462. The van der Waals surface area contributed by atoms with Crippen LogP contribution in [0.5, 0.6) is 0 Å². The van der Waals surface area contributed by atoms with Gasteiger partial charge in [0.15, 0.2) is 0 Å². The second-order valence-corrected chi connectivity index (χ2v) is 5.15. The van der Waals surface area contributed by atoms with Crippen LogP contribution in [0.4, 0.5) is 4.39 Å². The van der Waals surface area contributed by atoms with Crippen molar-refractivity contribution in [3.63, 3.8) is 0 Å². The van der Waals surface area contributed by atoms with Gasteiger partial charge in [-0.3, -0.25) is 4.90 Å². The largest absolute Gasteiger partial charge is 0.411 e. The van der Waals surface area contributed by atoms with E-state index in [1.54, 1.807) is 12.1 Å². The Labute approximate surface area is 111 Å². The third kappa shape index (κ3) is 3.00. The summed E-state index contributed by atoms with van der Waals surface area (Å²) in [5.74, 6) is -0.0281. The van der Waals surface area contributed by atoms with Crippen molar-refractivity contribution < 1.29 is 9.60 Å². The highest BCUT2D eigenvalue weighted by atomic mass is 35.5. The van der Waals surface area contributed by atoms with Gasteiger partial charge >= 0.3 is 0 Å². The average molecular weight is 271 g/mol. The van der Waals surface area contributed by atoms with Crippen LogP contribution in [0, 0.1) is 11.7 Å². The minimum atomic E-state index is -0.228. The van der Waals surface area contributed by atoms with Crippen LogP contribution in [0.1, 0.15) is 18.9 Å². The summed E-state index contributed by atoms with van der Waals surface area (Å²) in [5, 5.41) is 12.7. The molecule has 1 N–H and O–H groups in total. The highest BCUT2D eigenvalue weighted by Gasteiger charge is 2.23. The molecule has 1 aromatic rings. The maximum Gasteiger partial charge on any atom is 0.127 e. The molecule has 5 heteroatoms. The molecule has 1 saturated heterocycles. The lowest BCUT2D eigenvalue weighted by atomic mass is 9.97. The molecule has 0 saturated carbocycles. The number of benzene rings is 1. The van der Waals surface area contributed by atoms with Gasteiger partial charge in [0.25, 0.3) is 0 Å². The van der Waals surface area contributed by atoms with Crippen LogP contribution in [-0.2, 0) is 6.54 Å². The van der Waals surface area contributed by atoms with Gasteiger partial charge in [0.2, 0.25) is 0 Å². The zero-order valence-corrected chi connectivity index (χ0v) is 11.0. The number of likely N-dealkylation sites (tertiary alicyclic amines) is 1. The van der Waals surface area contributed by atoms with Crippen molar-refractivity contribution in [3.8, 4) is 0 Å². The first-order valence-corrected chi connectivity index (χ1v) is 6.35. The Bertz CT molecular complexity index is 464. The summed E-state index contributed by atoms with van der Waals surface area (Å²) >= 11 is 5.87. The van der Waals surface area contributed by atoms with Gasteiger partial charge in [-0.25, -0.2) is 4.39 Å². The first-order chi connectivity index (χ1) is 8.60. The zero-order chi connectivity index (χ0) is 13.1. The van der Waals surface area contributed by atoms with Gasteiger partial charge in [0, 0.05) is 42.6 Å². The molecule has 0 aliphatic carbocycles. The number of piperidine rings is 1. The van der Waals surface area contributed by atoms with Gasteiger partial charge in [0.1, 0.15) is 5.82 Å². The van der Waals surface area contributed by atoms with Crippen molar-refractivity contribution in [3.05, 3.63) is 34.6 Å². The Morgan fingerprint density at radius 1 is 1.56 bits per heavy atom. The van der Waals surface area contributed by atoms with E-state index in [0.717, 1.165) is 25.2 Å². The van der Waals surface area contributed by atoms with Gasteiger partial charge < -0.3 is 5.21 Å². The van der Waals surface area contributed by atoms with E-state index >= 15 is 0 Å². The third-order valence-corrected chi connectivity index (χ3v) is 3.55. The fourth-order valence-electron chi connectivity index (χ4n) is 2.30. The summed E-state index contributed by atoms with van der Waals surface area (Å²) in [7, 11) is 0. The summed E-state index contributed by atoms with van der Waals surface area (Å²) in [6.45, 7) is 4.09. The second kappa shape index (κ2) is 5.67. The van der Waals surface area contributed by atoms with Crippen molar-refractivity contribution in [1.82, 2.24) is 4.90 Å². The minimum absolute atomic E-state index is 0.200. The van der Waals surface area contributed by atoms with Crippen molar-refractivity contribution in [2.24, 2.45) is 11.1 Å². The summed E-state index contributed by atoms with van der Waals surface area (Å²) in [5.41, 5.74) is 1.43. The monoisotopic (exact) mass is 270 g/mol. The van der Waals surface area contributed by atoms with Gasteiger partial charge in [-0.1, -0.05) is 23.7 Å². The van der Waals surface area contributed by atoms with Crippen molar-refractivity contribution >= 4 is 17.3 Å². The van der Waals surface area contributed by atoms with Crippen molar-refractivity contribution in [1.29, 1.82) is 0 Å². The number of nitrogens with zero attached hydrogens (tertiary/aromatic N) is 2. The molecular formula is C13H16ClFN2O. The van der Waals surface area contributed by atoms with E-state index in [9.17, 15) is 4.39 Å². The van der Waals surface area contributed by atoms with Crippen LogP contribution >= 0.6 is 11.6 Å². The molecule has 1 aliphatic heterocycles. The molecular weight excluding hydrogens is 255 g/mol. The molecule has 18 heavy (non-hydrogen) atoms. The Hall–Kier alpha value is -1.13. The molecule has 1 atom stereocenters. The molecule has 1 fully saturated rings. The lowest BCUT2D eigenvalue weighted by Crippen LogP contribution is -2.39. The van der Waals surface area contributed by atoms with Crippen LogP contribution in [0.25, 0.3) is 0 Å². The van der Waals surface area contributed by atoms with Crippen molar-refractivity contribution in [2.75, 3.05) is 13.1 Å². The number of rotatable bonds is 2. The molecule has 2 rings (SSSR count). The van der Waals surface area contributed by atoms with Gasteiger partial charge in [-0.2, -0.15) is 0 Å². The zero-order valence-electron chi connectivity index (χ0n) is 10.2. The highest BCUT2D eigenvalue weighted by molar-refractivity contribution is 6.30. The summed E-state index contributed by atoms with van der Waals surface area (Å²) in [6, 6.07) is 4.61. The van der Waals surface area contributed by atoms with E-state index in [-0.39, 0.29) is 11.7 Å². The molecule has 98 valence electrons.